The van der Waals surface area contributed by atoms with E-state index >= 15 is 0 Å². The van der Waals surface area contributed by atoms with Crippen LogP contribution in [-0.4, -0.2) is 55.3 Å². The van der Waals surface area contributed by atoms with Crippen molar-refractivity contribution >= 4 is 23.0 Å². The van der Waals surface area contributed by atoms with Crippen LogP contribution < -0.4 is 15.6 Å². The summed E-state index contributed by atoms with van der Waals surface area (Å²) in [5.41, 5.74) is 4.60. The van der Waals surface area contributed by atoms with Crippen LogP contribution in [0.2, 0.25) is 0 Å². The van der Waals surface area contributed by atoms with E-state index in [1.54, 1.807) is 17.0 Å². The number of hydrogen-bond donors (Lipinski definition) is 4. The van der Waals surface area contributed by atoms with Crippen LogP contribution in [0.5, 0.6) is 5.75 Å². The lowest BCUT2D eigenvalue weighted by Crippen LogP contribution is -3.14. The monoisotopic (exact) mass is 337 g/mol. The molecule has 1 heterocycles. The maximum atomic E-state index is 9.28. The fourth-order valence-electron chi connectivity index (χ4n) is 2.39. The van der Waals surface area contributed by atoms with E-state index in [9.17, 15) is 5.11 Å². The molecule has 7 heteroatoms. The maximum absolute atomic E-state index is 9.28. The molecule has 2 rings (SSSR count). The zero-order valence-electron chi connectivity index (χ0n) is 13.5. The Morgan fingerprint density at radius 1 is 1.30 bits per heavy atom. The third-order valence-corrected chi connectivity index (χ3v) is 4.04. The summed E-state index contributed by atoms with van der Waals surface area (Å²) in [5.74, 6) is 0.245. The van der Waals surface area contributed by atoms with Crippen molar-refractivity contribution in [3.63, 3.8) is 0 Å². The third-order valence-electron chi connectivity index (χ3n) is 3.80. The highest BCUT2D eigenvalue weighted by Gasteiger charge is 2.12. The number of quaternary nitrogens is 1. The number of hydrogen-bond acceptors (Lipinski definition) is 4. The van der Waals surface area contributed by atoms with Crippen molar-refractivity contribution < 1.29 is 14.7 Å². The zero-order valence-corrected chi connectivity index (χ0v) is 14.3. The lowest BCUT2D eigenvalue weighted by atomic mass is 10.1. The molecule has 0 aromatic heterocycles. The quantitative estimate of drug-likeness (QED) is 0.252. The van der Waals surface area contributed by atoms with E-state index < -0.39 is 0 Å². The van der Waals surface area contributed by atoms with Crippen LogP contribution in [0.25, 0.3) is 0 Å². The van der Waals surface area contributed by atoms with Crippen LogP contribution >= 0.6 is 12.2 Å². The molecular formula is C16H25N4O2S+. The Morgan fingerprint density at radius 3 is 2.70 bits per heavy atom. The van der Waals surface area contributed by atoms with Crippen LogP contribution in [0, 0.1) is 0 Å². The average Bonchev–Trinajstić information content (AvgIpc) is 2.58. The molecule has 1 saturated heterocycles. The van der Waals surface area contributed by atoms with Gasteiger partial charge in [-0.15, -0.1) is 0 Å². The van der Waals surface area contributed by atoms with Crippen molar-refractivity contribution in [2.75, 3.05) is 39.4 Å². The Bertz CT molecular complexity index is 527. The Balaban J connectivity index is 1.64. The molecule has 1 aliphatic rings. The first kappa shape index (κ1) is 17.7. The van der Waals surface area contributed by atoms with Gasteiger partial charge in [0.05, 0.1) is 25.5 Å². The molecule has 6 nitrogen and oxygen atoms in total. The molecule has 126 valence electrons. The van der Waals surface area contributed by atoms with E-state index in [0.29, 0.717) is 5.11 Å². The van der Waals surface area contributed by atoms with Gasteiger partial charge in [-0.05, 0) is 49.0 Å². The Morgan fingerprint density at radius 2 is 2.00 bits per heavy atom. The third kappa shape index (κ3) is 6.52. The van der Waals surface area contributed by atoms with E-state index in [1.165, 1.54) is 0 Å². The number of thiocarbonyl (C=S) groups is 1. The summed E-state index contributed by atoms with van der Waals surface area (Å²) in [4.78, 5) is 1.60. The lowest BCUT2D eigenvalue weighted by Gasteiger charge is -2.23. The first-order chi connectivity index (χ1) is 11.1. The number of phenolic OH excluding ortho intramolecular Hbond substituents is 1. The Labute approximate surface area is 142 Å². The molecule has 1 aromatic rings. The molecule has 1 aliphatic heterocycles. The Hall–Kier alpha value is -1.70. The summed E-state index contributed by atoms with van der Waals surface area (Å²) in [6.07, 6.45) is 1.07. The van der Waals surface area contributed by atoms with Gasteiger partial charge in [0.2, 0.25) is 0 Å². The first-order valence-corrected chi connectivity index (χ1v) is 8.35. The fraction of sp³-hybridized carbons (Fsp3) is 0.500. The van der Waals surface area contributed by atoms with Gasteiger partial charge in [0, 0.05) is 13.0 Å². The minimum absolute atomic E-state index is 0.245. The number of aromatic hydroxyl groups is 1. The van der Waals surface area contributed by atoms with Crippen LogP contribution in [0.15, 0.2) is 29.4 Å². The smallest absolute Gasteiger partial charge is 0.186 e. The zero-order chi connectivity index (χ0) is 16.5. The number of ether oxygens (including phenoxy) is 1. The summed E-state index contributed by atoms with van der Waals surface area (Å²) < 4.78 is 5.35. The number of benzene rings is 1. The molecule has 0 amide bonds. The number of rotatable bonds is 6. The number of nitrogens with zero attached hydrogens (tertiary/aromatic N) is 1. The second-order valence-electron chi connectivity index (χ2n) is 5.58. The predicted molar refractivity (Wildman–Crippen MR) is 95.1 cm³/mol. The summed E-state index contributed by atoms with van der Waals surface area (Å²) in [6, 6.07) is 6.91. The minimum atomic E-state index is 0.245. The number of morpholine rings is 1. The van der Waals surface area contributed by atoms with E-state index in [1.807, 2.05) is 19.1 Å². The molecule has 0 radical (unpaired) electrons. The normalized spacial score (nSPS) is 16.1. The van der Waals surface area contributed by atoms with E-state index in [4.69, 9.17) is 17.0 Å². The van der Waals surface area contributed by atoms with Crippen LogP contribution in [0.3, 0.4) is 0 Å². The topological polar surface area (TPSA) is 70.3 Å². The van der Waals surface area contributed by atoms with Gasteiger partial charge < -0.3 is 20.1 Å². The van der Waals surface area contributed by atoms with E-state index in [2.05, 4.69) is 15.8 Å². The molecule has 23 heavy (non-hydrogen) atoms. The van der Waals surface area contributed by atoms with Crippen LogP contribution in [0.1, 0.15) is 18.9 Å². The summed E-state index contributed by atoms with van der Waals surface area (Å²) in [5, 5.41) is 17.2. The van der Waals surface area contributed by atoms with Crippen molar-refractivity contribution in [3.05, 3.63) is 29.8 Å². The molecule has 0 atom stereocenters. The largest absolute Gasteiger partial charge is 0.508 e. The van der Waals surface area contributed by atoms with Crippen molar-refractivity contribution in [1.29, 1.82) is 0 Å². The van der Waals surface area contributed by atoms with Gasteiger partial charge in [0.15, 0.2) is 5.11 Å². The highest BCUT2D eigenvalue weighted by Crippen LogP contribution is 2.10. The number of hydrazone groups is 1. The predicted octanol–water partition coefficient (Wildman–Crippen LogP) is -0.114. The minimum Gasteiger partial charge on any atom is -0.508 e. The molecule has 0 saturated carbocycles. The number of nitrogens with one attached hydrogen (secondary N) is 3. The molecule has 4 N–H and O–H groups in total. The van der Waals surface area contributed by atoms with Crippen molar-refractivity contribution in [1.82, 2.24) is 10.7 Å². The van der Waals surface area contributed by atoms with E-state index in [-0.39, 0.29) is 5.75 Å². The fourth-order valence-corrected chi connectivity index (χ4v) is 2.54. The summed E-state index contributed by atoms with van der Waals surface area (Å²) in [6.45, 7) is 7.79. The molecular weight excluding hydrogens is 312 g/mol. The maximum Gasteiger partial charge on any atom is 0.186 e. The number of phenols is 1. The van der Waals surface area contributed by atoms with Gasteiger partial charge in [-0.3, -0.25) is 5.43 Å². The standard InChI is InChI=1S/C16H24N4O2S/c1-13(14-3-5-15(21)6-4-14)18-19-16(23)17-7-2-8-20-9-11-22-12-10-20/h3-6,21H,2,7-12H2,1H3,(H2,17,19,23)/p+1/b18-13+. The van der Waals surface area contributed by atoms with Crippen molar-refractivity contribution in [2.24, 2.45) is 5.10 Å². The van der Waals surface area contributed by atoms with Gasteiger partial charge in [-0.1, -0.05) is 0 Å². The molecule has 1 aromatic carbocycles. The van der Waals surface area contributed by atoms with Gasteiger partial charge in [0.25, 0.3) is 0 Å². The van der Waals surface area contributed by atoms with Crippen molar-refractivity contribution in [2.45, 2.75) is 13.3 Å². The molecule has 0 bridgehead atoms. The van der Waals surface area contributed by atoms with Gasteiger partial charge in [-0.2, -0.15) is 5.10 Å². The molecule has 1 fully saturated rings. The first-order valence-electron chi connectivity index (χ1n) is 7.94. The van der Waals surface area contributed by atoms with Crippen LogP contribution in [0.4, 0.5) is 0 Å². The van der Waals surface area contributed by atoms with Gasteiger partial charge in [-0.25, -0.2) is 0 Å². The molecule has 0 aliphatic carbocycles. The summed E-state index contributed by atoms with van der Waals surface area (Å²) in [7, 11) is 0. The van der Waals surface area contributed by atoms with Gasteiger partial charge >= 0.3 is 0 Å². The van der Waals surface area contributed by atoms with Gasteiger partial charge in [0.1, 0.15) is 18.8 Å². The highest BCUT2D eigenvalue weighted by atomic mass is 32.1. The average molecular weight is 337 g/mol. The second-order valence-corrected chi connectivity index (χ2v) is 5.99. The van der Waals surface area contributed by atoms with Crippen molar-refractivity contribution in [3.8, 4) is 5.75 Å². The highest BCUT2D eigenvalue weighted by molar-refractivity contribution is 7.80. The Kier molecular flexibility index (Phi) is 7.25. The SMILES string of the molecule is C/C(=N\NC(=S)NCCC[NH+]1CCOCC1)c1ccc(O)cc1. The molecule has 0 spiro atoms. The van der Waals surface area contributed by atoms with Crippen LogP contribution in [-0.2, 0) is 4.74 Å². The second kappa shape index (κ2) is 9.44. The lowest BCUT2D eigenvalue weighted by molar-refractivity contribution is -0.908. The van der Waals surface area contributed by atoms with E-state index in [0.717, 1.165) is 57.1 Å². The molecule has 0 unspecified atom stereocenters. The summed E-state index contributed by atoms with van der Waals surface area (Å²) >= 11 is 5.22.